The van der Waals surface area contributed by atoms with E-state index >= 15 is 0 Å². The quantitative estimate of drug-likeness (QED) is 0.588. The minimum Gasteiger partial charge on any atom is -0.369 e. The summed E-state index contributed by atoms with van der Waals surface area (Å²) in [4.78, 5) is 28.4. The average Bonchev–Trinajstić information content (AvgIpc) is 3.36. The number of amides is 2. The van der Waals surface area contributed by atoms with Gasteiger partial charge in [0.15, 0.2) is 10.8 Å². The lowest BCUT2D eigenvalue weighted by atomic mass is 10.2. The van der Waals surface area contributed by atoms with Crippen molar-refractivity contribution in [3.63, 3.8) is 0 Å². The van der Waals surface area contributed by atoms with Gasteiger partial charge in [-0.25, -0.2) is 9.67 Å². The zero-order valence-corrected chi connectivity index (χ0v) is 17.8. The summed E-state index contributed by atoms with van der Waals surface area (Å²) in [5.74, 6) is -0.454. The molecule has 0 atom stereocenters. The van der Waals surface area contributed by atoms with E-state index in [0.717, 1.165) is 46.1 Å². The molecule has 2 aromatic heterocycles. The molecule has 0 saturated heterocycles. The Morgan fingerprint density at radius 2 is 2.00 bits per heavy atom. The predicted octanol–water partition coefficient (Wildman–Crippen LogP) is 3.26. The second-order valence-corrected chi connectivity index (χ2v) is 9.22. The number of hydrogen-bond donors (Lipinski definition) is 2. The number of thiazole rings is 1. The Hall–Kier alpha value is -2.65. The summed E-state index contributed by atoms with van der Waals surface area (Å²) in [5, 5.41) is 8.00. The Labute approximate surface area is 176 Å². The molecule has 4 rings (SSSR count). The number of anilines is 1. The van der Waals surface area contributed by atoms with E-state index in [1.807, 2.05) is 42.8 Å². The molecule has 0 radical (unpaired) electrons. The highest BCUT2D eigenvalue weighted by molar-refractivity contribution is 8.01. The summed E-state index contributed by atoms with van der Waals surface area (Å²) in [6, 6.07) is 8.13. The number of thioether (sulfide) groups is 1. The summed E-state index contributed by atoms with van der Waals surface area (Å²) in [6.07, 6.45) is 2.78. The van der Waals surface area contributed by atoms with Gasteiger partial charge in [0.05, 0.1) is 21.3 Å². The van der Waals surface area contributed by atoms with Crippen molar-refractivity contribution >= 4 is 40.0 Å². The summed E-state index contributed by atoms with van der Waals surface area (Å²) >= 11 is 2.67. The molecule has 3 aromatic rings. The van der Waals surface area contributed by atoms with Crippen molar-refractivity contribution in [3.05, 3.63) is 52.5 Å². The molecule has 2 heterocycles. The van der Waals surface area contributed by atoms with Gasteiger partial charge in [-0.1, -0.05) is 29.0 Å². The van der Waals surface area contributed by atoms with Gasteiger partial charge >= 0.3 is 0 Å². The fourth-order valence-electron chi connectivity index (χ4n) is 3.38. The molecule has 0 fully saturated rings. The van der Waals surface area contributed by atoms with Gasteiger partial charge in [0.2, 0.25) is 5.91 Å². The molecule has 3 N–H and O–H groups in total. The molecule has 0 bridgehead atoms. The molecular weight excluding hydrogens is 406 g/mol. The van der Waals surface area contributed by atoms with Crippen molar-refractivity contribution in [3.8, 4) is 5.69 Å². The number of fused-ring (bicyclic) bond motifs is 1. The molecule has 0 unspecified atom stereocenters. The fraction of sp³-hybridized carbons (Fsp3) is 0.300. The number of rotatable bonds is 6. The fourth-order valence-corrected chi connectivity index (χ4v) is 5.25. The van der Waals surface area contributed by atoms with Crippen LogP contribution in [-0.2, 0) is 17.6 Å². The molecule has 2 amide bonds. The molecule has 1 aromatic carbocycles. The zero-order chi connectivity index (χ0) is 20.5. The van der Waals surface area contributed by atoms with Gasteiger partial charge in [0.1, 0.15) is 0 Å². The Bertz CT molecular complexity index is 1090. The van der Waals surface area contributed by atoms with Gasteiger partial charge < -0.3 is 5.73 Å². The molecular formula is C20H21N5O2S2. The van der Waals surface area contributed by atoms with E-state index in [-0.39, 0.29) is 17.6 Å². The van der Waals surface area contributed by atoms with Crippen molar-refractivity contribution in [1.29, 1.82) is 0 Å². The SMILES string of the molecule is Cc1ccc(-n2nc(C(=O)Nc3nc(C)c(SCC(N)=O)s3)c3c2CCC3)cc1. The van der Waals surface area contributed by atoms with E-state index in [1.54, 1.807) is 0 Å². The number of carbonyl (C=O) groups is 2. The molecule has 0 aliphatic heterocycles. The van der Waals surface area contributed by atoms with Gasteiger partial charge in [0, 0.05) is 11.3 Å². The van der Waals surface area contributed by atoms with Crippen LogP contribution in [0.15, 0.2) is 28.5 Å². The van der Waals surface area contributed by atoms with Crippen LogP contribution in [0.3, 0.4) is 0 Å². The number of benzene rings is 1. The van der Waals surface area contributed by atoms with Crippen molar-refractivity contribution in [1.82, 2.24) is 14.8 Å². The minimum absolute atomic E-state index is 0.185. The lowest BCUT2D eigenvalue weighted by molar-refractivity contribution is -0.115. The highest BCUT2D eigenvalue weighted by Gasteiger charge is 2.27. The molecule has 1 aliphatic carbocycles. The molecule has 0 saturated carbocycles. The lowest BCUT2D eigenvalue weighted by Crippen LogP contribution is -2.14. The van der Waals surface area contributed by atoms with E-state index in [1.165, 1.54) is 28.7 Å². The topological polar surface area (TPSA) is 103 Å². The first-order chi connectivity index (χ1) is 13.9. The second-order valence-electron chi connectivity index (χ2n) is 6.98. The highest BCUT2D eigenvalue weighted by atomic mass is 32.2. The Morgan fingerprint density at radius 1 is 1.24 bits per heavy atom. The van der Waals surface area contributed by atoms with Crippen LogP contribution in [0.4, 0.5) is 5.13 Å². The number of hydrogen-bond acceptors (Lipinski definition) is 6. The molecule has 1 aliphatic rings. The number of nitrogens with two attached hydrogens (primary N) is 1. The Morgan fingerprint density at radius 3 is 2.72 bits per heavy atom. The lowest BCUT2D eigenvalue weighted by Gasteiger charge is -2.05. The van der Waals surface area contributed by atoms with Gasteiger partial charge in [-0.3, -0.25) is 14.9 Å². The van der Waals surface area contributed by atoms with Gasteiger partial charge in [-0.2, -0.15) is 5.10 Å². The van der Waals surface area contributed by atoms with Gasteiger partial charge in [-0.15, -0.1) is 11.8 Å². The van der Waals surface area contributed by atoms with Crippen LogP contribution in [0.2, 0.25) is 0 Å². The van der Waals surface area contributed by atoms with Crippen molar-refractivity contribution in [2.24, 2.45) is 5.73 Å². The molecule has 29 heavy (non-hydrogen) atoms. The molecule has 0 spiro atoms. The van der Waals surface area contributed by atoms with E-state index < -0.39 is 0 Å². The Balaban J connectivity index is 1.58. The van der Waals surface area contributed by atoms with Crippen LogP contribution >= 0.6 is 23.1 Å². The average molecular weight is 428 g/mol. The number of nitrogens with zero attached hydrogens (tertiary/aromatic N) is 3. The van der Waals surface area contributed by atoms with Crippen LogP contribution in [0, 0.1) is 13.8 Å². The number of aromatic nitrogens is 3. The number of carbonyl (C=O) groups excluding carboxylic acids is 2. The van der Waals surface area contributed by atoms with Crippen molar-refractivity contribution in [2.75, 3.05) is 11.1 Å². The summed E-state index contributed by atoms with van der Waals surface area (Å²) in [6.45, 7) is 3.89. The van der Waals surface area contributed by atoms with E-state index in [0.29, 0.717) is 10.8 Å². The van der Waals surface area contributed by atoms with Crippen molar-refractivity contribution in [2.45, 2.75) is 37.3 Å². The zero-order valence-electron chi connectivity index (χ0n) is 16.2. The van der Waals surface area contributed by atoms with Crippen LogP contribution in [0.5, 0.6) is 0 Å². The number of nitrogens with one attached hydrogen (secondary N) is 1. The summed E-state index contributed by atoms with van der Waals surface area (Å²) in [5.41, 5.74) is 10.7. The first-order valence-corrected chi connectivity index (χ1v) is 11.1. The monoisotopic (exact) mass is 427 g/mol. The maximum atomic E-state index is 13.0. The first-order valence-electron chi connectivity index (χ1n) is 9.30. The Kier molecular flexibility index (Phi) is 5.42. The van der Waals surface area contributed by atoms with Gasteiger partial charge in [-0.05, 0) is 45.2 Å². The van der Waals surface area contributed by atoms with Gasteiger partial charge in [0.25, 0.3) is 5.91 Å². The van der Waals surface area contributed by atoms with Crippen LogP contribution < -0.4 is 11.1 Å². The number of primary amides is 1. The van der Waals surface area contributed by atoms with Crippen LogP contribution in [0.1, 0.15) is 39.4 Å². The van der Waals surface area contributed by atoms with Crippen LogP contribution in [0.25, 0.3) is 5.69 Å². The number of aryl methyl sites for hydroxylation is 2. The van der Waals surface area contributed by atoms with E-state index in [2.05, 4.69) is 15.4 Å². The highest BCUT2D eigenvalue weighted by Crippen LogP contribution is 2.33. The second kappa shape index (κ2) is 8.00. The third-order valence-corrected chi connectivity index (χ3v) is 7.20. The maximum absolute atomic E-state index is 13.0. The normalized spacial score (nSPS) is 12.8. The predicted molar refractivity (Wildman–Crippen MR) is 115 cm³/mol. The van der Waals surface area contributed by atoms with E-state index in [4.69, 9.17) is 5.73 Å². The maximum Gasteiger partial charge on any atom is 0.278 e. The minimum atomic E-state index is -0.384. The summed E-state index contributed by atoms with van der Waals surface area (Å²) < 4.78 is 2.76. The summed E-state index contributed by atoms with van der Waals surface area (Å²) in [7, 11) is 0. The third-order valence-electron chi connectivity index (χ3n) is 4.74. The van der Waals surface area contributed by atoms with E-state index in [9.17, 15) is 9.59 Å². The first kappa shape index (κ1) is 19.7. The standard InChI is InChI=1S/C20H21N5O2S2/c1-11-6-8-13(9-7-11)25-15-5-3-4-14(15)17(24-25)18(27)23-20-22-12(2)19(29-20)28-10-16(21)26/h6-9H,3-5,10H2,1-2H3,(H2,21,26)(H,22,23,27). The largest absolute Gasteiger partial charge is 0.369 e. The van der Waals surface area contributed by atoms with Crippen molar-refractivity contribution < 1.29 is 9.59 Å². The molecule has 9 heteroatoms. The molecule has 7 nitrogen and oxygen atoms in total. The molecule has 150 valence electrons. The van der Waals surface area contributed by atoms with Crippen LogP contribution in [-0.4, -0.2) is 32.3 Å². The smallest absolute Gasteiger partial charge is 0.278 e. The third kappa shape index (κ3) is 4.06.